The van der Waals surface area contributed by atoms with Crippen molar-refractivity contribution in [1.82, 2.24) is 10.2 Å². The molecule has 2 amide bonds. The SMILES string of the molecule is CCCCCCCCCC[C@@H]1OC(C)(C)O[C@H]1CC[C@H](CCCCCCCCCCCCC(=O)N[C@H]1CC[C@H]2c3c(cc(OCc4ccccc4)cc3OCc3ccccc3)CCN2C1=O)OCOC. The molecule has 0 saturated carbocycles. The second kappa shape index (κ2) is 30.8. The number of methoxy groups -OCH3 is 1. The van der Waals surface area contributed by atoms with Crippen LogP contribution in [0.2, 0.25) is 0 Å². The summed E-state index contributed by atoms with van der Waals surface area (Å²) in [6.45, 7) is 8.22. The van der Waals surface area contributed by atoms with Gasteiger partial charge < -0.3 is 38.6 Å². The van der Waals surface area contributed by atoms with Gasteiger partial charge in [-0.1, -0.05) is 177 Å². The van der Waals surface area contributed by atoms with Gasteiger partial charge >= 0.3 is 0 Å². The number of amides is 2. The van der Waals surface area contributed by atoms with Gasteiger partial charge in [0.15, 0.2) is 5.79 Å². The minimum atomic E-state index is -0.515. The minimum Gasteiger partial charge on any atom is -0.489 e. The summed E-state index contributed by atoms with van der Waals surface area (Å²) in [5, 5.41) is 3.11. The summed E-state index contributed by atoms with van der Waals surface area (Å²) in [5.74, 6) is 1.02. The lowest BCUT2D eigenvalue weighted by molar-refractivity contribution is -0.148. The maximum Gasteiger partial charge on any atom is 0.245 e. The average Bonchev–Trinajstić information content (AvgIpc) is 3.67. The number of piperidine rings is 1. The first kappa shape index (κ1) is 55.4. The third-order valence-corrected chi connectivity index (χ3v) is 14.7. The third-order valence-electron chi connectivity index (χ3n) is 14.7. The lowest BCUT2D eigenvalue weighted by Gasteiger charge is -2.44. The van der Waals surface area contributed by atoms with Gasteiger partial charge in [-0.05, 0) is 88.0 Å². The maximum absolute atomic E-state index is 13.9. The second-order valence-corrected chi connectivity index (χ2v) is 20.9. The number of ether oxygens (including phenoxy) is 6. The molecular weight excluding hydrogens is 877 g/mol. The number of benzene rings is 3. The van der Waals surface area contributed by atoms with Crippen LogP contribution in [0.25, 0.3) is 0 Å². The number of carbonyl (C=O) groups excluding carboxylic acids is 2. The van der Waals surface area contributed by atoms with Gasteiger partial charge in [0.25, 0.3) is 0 Å². The van der Waals surface area contributed by atoms with Crippen LogP contribution in [-0.4, -0.2) is 67.3 Å². The van der Waals surface area contributed by atoms with Gasteiger partial charge in [-0.25, -0.2) is 0 Å². The van der Waals surface area contributed by atoms with E-state index < -0.39 is 11.8 Å². The van der Waals surface area contributed by atoms with Crippen molar-refractivity contribution in [2.24, 2.45) is 0 Å². The molecule has 2 fully saturated rings. The standard InChI is InChI=1S/C60H90N2O8/c1-5-6-7-8-9-15-18-27-34-54-55(70-60(2,3)69-54)39-36-50(68-46-65-4)33-26-17-14-12-10-11-13-16-19-28-35-57(63)61-52-37-38-53-58-49(40-41-62(53)59(52)64)42-51(66-44-47-29-22-20-23-30-47)43-56(58)67-45-48-31-24-21-25-32-48/h20-25,29-32,42-43,50,52-55H,5-19,26-28,33-41,44-46H2,1-4H3,(H,61,63)/t50-,52-,53-,54-,55-/m0/s1. The first-order chi connectivity index (χ1) is 34.2. The first-order valence-corrected chi connectivity index (χ1v) is 27.8. The average molecular weight is 967 g/mol. The summed E-state index contributed by atoms with van der Waals surface area (Å²) in [4.78, 5) is 29.0. The van der Waals surface area contributed by atoms with E-state index in [0.29, 0.717) is 45.8 Å². The molecule has 3 aliphatic rings. The summed E-state index contributed by atoms with van der Waals surface area (Å²) in [6, 6.07) is 23.9. The predicted octanol–water partition coefficient (Wildman–Crippen LogP) is 14.1. The number of carbonyl (C=O) groups is 2. The summed E-state index contributed by atoms with van der Waals surface area (Å²) in [7, 11) is 1.70. The Morgan fingerprint density at radius 3 is 1.94 bits per heavy atom. The van der Waals surface area contributed by atoms with Gasteiger partial charge in [-0.2, -0.15) is 0 Å². The topological polar surface area (TPSA) is 105 Å². The van der Waals surface area contributed by atoms with E-state index in [4.69, 9.17) is 28.4 Å². The van der Waals surface area contributed by atoms with Crippen LogP contribution >= 0.6 is 0 Å². The fraction of sp³-hybridized carbons (Fsp3) is 0.667. The third kappa shape index (κ3) is 18.9. The molecule has 3 aliphatic heterocycles. The molecule has 6 rings (SSSR count). The lowest BCUT2D eigenvalue weighted by atomic mass is 9.84. The van der Waals surface area contributed by atoms with Crippen LogP contribution < -0.4 is 14.8 Å². The van der Waals surface area contributed by atoms with Crippen LogP contribution in [0.3, 0.4) is 0 Å². The Bertz CT molecular complexity index is 1930. The monoisotopic (exact) mass is 967 g/mol. The summed E-state index contributed by atoms with van der Waals surface area (Å²) in [5.41, 5.74) is 4.42. The van der Waals surface area contributed by atoms with Gasteiger partial charge in [0.05, 0.1) is 24.4 Å². The van der Waals surface area contributed by atoms with Gasteiger partial charge in [-0.3, -0.25) is 9.59 Å². The normalized spacial score (nSPS) is 19.9. The molecule has 10 nitrogen and oxygen atoms in total. The van der Waals surface area contributed by atoms with Crippen LogP contribution in [0.4, 0.5) is 0 Å². The molecule has 3 heterocycles. The van der Waals surface area contributed by atoms with Crippen LogP contribution in [0, 0.1) is 0 Å². The Hall–Kier alpha value is -3.96. The lowest BCUT2D eigenvalue weighted by Crippen LogP contribution is -2.55. The van der Waals surface area contributed by atoms with Gasteiger partial charge in [0.2, 0.25) is 11.8 Å². The molecule has 0 spiro atoms. The number of unbranched alkanes of at least 4 members (excludes halogenated alkanes) is 16. The molecule has 0 bridgehead atoms. The molecule has 3 aromatic rings. The van der Waals surface area contributed by atoms with E-state index >= 15 is 0 Å². The molecule has 0 aromatic heterocycles. The summed E-state index contributed by atoms with van der Waals surface area (Å²) >= 11 is 0. The molecule has 10 heteroatoms. The van der Waals surface area contributed by atoms with Crippen LogP contribution in [0.5, 0.6) is 11.5 Å². The van der Waals surface area contributed by atoms with E-state index in [9.17, 15) is 9.59 Å². The number of nitrogens with zero attached hydrogens (tertiary/aromatic N) is 1. The van der Waals surface area contributed by atoms with E-state index in [1.54, 1.807) is 7.11 Å². The molecule has 3 aromatic carbocycles. The van der Waals surface area contributed by atoms with Gasteiger partial charge in [0, 0.05) is 31.7 Å². The Kier molecular flexibility index (Phi) is 24.4. The van der Waals surface area contributed by atoms with Crippen LogP contribution in [-0.2, 0) is 48.2 Å². The van der Waals surface area contributed by atoms with Crippen molar-refractivity contribution in [1.29, 1.82) is 0 Å². The Balaban J connectivity index is 0.823. The highest BCUT2D eigenvalue weighted by Crippen LogP contribution is 2.44. The Morgan fingerprint density at radius 2 is 1.30 bits per heavy atom. The van der Waals surface area contributed by atoms with E-state index in [1.807, 2.05) is 47.4 Å². The fourth-order valence-corrected chi connectivity index (χ4v) is 10.9. The highest BCUT2D eigenvalue weighted by atomic mass is 16.8. The molecule has 70 heavy (non-hydrogen) atoms. The zero-order chi connectivity index (χ0) is 49.2. The molecule has 1 N–H and O–H groups in total. The maximum atomic E-state index is 13.9. The van der Waals surface area contributed by atoms with Crippen molar-refractivity contribution in [2.75, 3.05) is 20.4 Å². The van der Waals surface area contributed by atoms with Crippen LogP contribution in [0.15, 0.2) is 72.8 Å². The van der Waals surface area contributed by atoms with Crippen LogP contribution in [0.1, 0.15) is 210 Å². The number of hydrogen-bond acceptors (Lipinski definition) is 8. The largest absolute Gasteiger partial charge is 0.489 e. The predicted molar refractivity (Wildman–Crippen MR) is 280 cm³/mol. The molecule has 0 unspecified atom stereocenters. The van der Waals surface area contributed by atoms with Crippen molar-refractivity contribution in [3.8, 4) is 11.5 Å². The highest BCUT2D eigenvalue weighted by molar-refractivity contribution is 5.89. The zero-order valence-electron chi connectivity index (χ0n) is 43.7. The molecule has 5 atom stereocenters. The number of nitrogens with one attached hydrogen (secondary N) is 1. The number of rotatable bonds is 35. The molecular formula is C60H90N2O8. The zero-order valence-corrected chi connectivity index (χ0v) is 43.7. The molecule has 0 aliphatic carbocycles. The van der Waals surface area contributed by atoms with Crippen molar-refractivity contribution in [3.05, 3.63) is 95.1 Å². The minimum absolute atomic E-state index is 0.0135. The van der Waals surface area contributed by atoms with Crippen molar-refractivity contribution < 1.29 is 38.0 Å². The van der Waals surface area contributed by atoms with Crippen molar-refractivity contribution in [2.45, 2.75) is 237 Å². The van der Waals surface area contributed by atoms with Gasteiger partial charge in [-0.15, -0.1) is 0 Å². The fourth-order valence-electron chi connectivity index (χ4n) is 10.9. The smallest absolute Gasteiger partial charge is 0.245 e. The van der Waals surface area contributed by atoms with Crippen molar-refractivity contribution >= 4 is 11.8 Å². The molecule has 388 valence electrons. The van der Waals surface area contributed by atoms with Gasteiger partial charge in [0.1, 0.15) is 37.5 Å². The quantitative estimate of drug-likeness (QED) is 0.0459. The highest BCUT2D eigenvalue weighted by Gasteiger charge is 2.42. The second-order valence-electron chi connectivity index (χ2n) is 20.9. The van der Waals surface area contributed by atoms with E-state index in [1.165, 1.54) is 96.3 Å². The molecule has 2 saturated heterocycles. The van der Waals surface area contributed by atoms with E-state index in [2.05, 4.69) is 56.4 Å². The summed E-state index contributed by atoms with van der Waals surface area (Å²) in [6.07, 6.45) is 29.3. The van der Waals surface area contributed by atoms with E-state index in [-0.39, 0.29) is 36.2 Å². The Morgan fingerprint density at radius 1 is 0.714 bits per heavy atom. The Labute approximate surface area is 422 Å². The number of hydrogen-bond donors (Lipinski definition) is 1. The first-order valence-electron chi connectivity index (χ1n) is 27.8. The molecule has 0 radical (unpaired) electrons. The number of fused-ring (bicyclic) bond motifs is 3. The summed E-state index contributed by atoms with van der Waals surface area (Å²) < 4.78 is 37.0. The van der Waals surface area contributed by atoms with E-state index in [0.717, 1.165) is 85.1 Å². The van der Waals surface area contributed by atoms with Crippen molar-refractivity contribution in [3.63, 3.8) is 0 Å².